The summed E-state index contributed by atoms with van der Waals surface area (Å²) in [6, 6.07) is 2.46. The van der Waals surface area contributed by atoms with Crippen LogP contribution in [0.1, 0.15) is 54.4 Å². The second-order valence-electron chi connectivity index (χ2n) is 4.27. The molecule has 0 heterocycles. The van der Waals surface area contributed by atoms with Gasteiger partial charge in [0.05, 0.1) is 19.1 Å². The van der Waals surface area contributed by atoms with Crippen molar-refractivity contribution in [2.45, 2.75) is 66.5 Å². The first-order valence-corrected chi connectivity index (χ1v) is 7.35. The fourth-order valence-corrected chi connectivity index (χ4v) is 2.41. The molecule has 0 aliphatic heterocycles. The molecule has 0 rings (SSSR count). The van der Waals surface area contributed by atoms with E-state index in [9.17, 15) is 4.89 Å². The summed E-state index contributed by atoms with van der Waals surface area (Å²) < 4.78 is 7.10. The van der Waals surface area contributed by atoms with E-state index in [1.807, 2.05) is 38.4 Å². The van der Waals surface area contributed by atoms with E-state index in [0.717, 1.165) is 0 Å². The van der Waals surface area contributed by atoms with Gasteiger partial charge in [-0.1, -0.05) is 20.3 Å². The smallest absolute Gasteiger partial charge is 0.256 e. The molecule has 0 spiro atoms. The Hall–Kier alpha value is -0.200. The zero-order chi connectivity index (χ0) is 13.8. The Balaban J connectivity index is 0. The fourth-order valence-electron chi connectivity index (χ4n) is 1.23. The van der Waals surface area contributed by atoms with E-state index < -0.39 is 8.53 Å². The summed E-state index contributed by atoms with van der Waals surface area (Å²) in [6.07, 6.45) is 1.57. The van der Waals surface area contributed by atoms with Crippen molar-refractivity contribution in [2.75, 3.05) is 6.61 Å². The predicted octanol–water partition coefficient (Wildman–Crippen LogP) is 3.67. The first-order valence-electron chi connectivity index (χ1n) is 6.19. The minimum absolute atomic E-state index is 0.244. The topological polar surface area (TPSA) is 56.5 Å². The summed E-state index contributed by atoms with van der Waals surface area (Å²) in [5, 5.41) is 8.32. The van der Waals surface area contributed by atoms with E-state index in [4.69, 9.17) is 9.79 Å². The monoisotopic (exact) mass is 262 g/mol. The quantitative estimate of drug-likeness (QED) is 0.586. The van der Waals surface area contributed by atoms with Crippen molar-refractivity contribution in [3.63, 3.8) is 0 Å². The van der Waals surface area contributed by atoms with Crippen LogP contribution in [0.4, 0.5) is 0 Å². The minimum atomic E-state index is -1.55. The van der Waals surface area contributed by atoms with Gasteiger partial charge in [0.2, 0.25) is 0 Å². The molecule has 0 radical (unpaired) electrons. The third-order valence-electron chi connectivity index (χ3n) is 1.68. The summed E-state index contributed by atoms with van der Waals surface area (Å²) in [4.78, 5) is 9.74. The third kappa shape index (κ3) is 10.7. The lowest BCUT2D eigenvalue weighted by Crippen LogP contribution is -2.32. The van der Waals surface area contributed by atoms with Crippen molar-refractivity contribution >= 4 is 8.53 Å². The van der Waals surface area contributed by atoms with Crippen molar-refractivity contribution in [3.8, 4) is 6.07 Å². The van der Waals surface area contributed by atoms with Gasteiger partial charge in [-0.25, -0.2) is 4.67 Å². The second-order valence-corrected chi connectivity index (χ2v) is 5.49. The maximum atomic E-state index is 9.74. The first kappa shape index (κ1) is 19.1. The molecule has 0 aromatic heterocycles. The molecule has 0 aromatic rings. The van der Waals surface area contributed by atoms with Crippen LogP contribution in [0.15, 0.2) is 0 Å². The molecule has 1 N–H and O–H groups in total. The number of rotatable bonds is 6. The molecule has 0 aromatic carbocycles. The third-order valence-corrected chi connectivity index (χ3v) is 3.41. The Bertz CT molecular complexity index is 197. The molecular formula is C12H27N2O2P. The highest BCUT2D eigenvalue weighted by molar-refractivity contribution is 7.43. The molecule has 102 valence electrons. The van der Waals surface area contributed by atoms with E-state index in [1.165, 1.54) is 6.42 Å². The number of nitriles is 1. The van der Waals surface area contributed by atoms with Gasteiger partial charge in [0.15, 0.2) is 0 Å². The average molecular weight is 262 g/mol. The van der Waals surface area contributed by atoms with Crippen molar-refractivity contribution in [3.05, 3.63) is 0 Å². The van der Waals surface area contributed by atoms with Crippen LogP contribution in [0.25, 0.3) is 0 Å². The maximum absolute atomic E-state index is 9.74. The Morgan fingerprint density at radius 2 is 1.65 bits per heavy atom. The number of nitrogens with zero attached hydrogens (tertiary/aromatic N) is 2. The molecule has 1 atom stereocenters. The SMILES string of the molecule is CC(C)N(C(C)C)P(O)OCCC#N.CCC. The van der Waals surface area contributed by atoms with Crippen LogP contribution >= 0.6 is 8.53 Å². The highest BCUT2D eigenvalue weighted by atomic mass is 31.2. The second kappa shape index (κ2) is 12.3. The van der Waals surface area contributed by atoms with Gasteiger partial charge in [0, 0.05) is 12.1 Å². The molecule has 0 saturated heterocycles. The first-order chi connectivity index (χ1) is 7.92. The van der Waals surface area contributed by atoms with Crippen molar-refractivity contribution in [1.82, 2.24) is 4.67 Å². The standard InChI is InChI=1S/C9H19N2O2P.C3H8/c1-8(2)11(9(3)4)14(12)13-7-5-6-10;1-3-2/h8-9,12H,5,7H2,1-4H3;3H2,1-2H3. The molecule has 0 aliphatic carbocycles. The minimum Gasteiger partial charge on any atom is -0.338 e. The largest absolute Gasteiger partial charge is 0.338 e. The zero-order valence-corrected chi connectivity index (χ0v) is 12.9. The van der Waals surface area contributed by atoms with Crippen molar-refractivity contribution in [1.29, 1.82) is 5.26 Å². The summed E-state index contributed by atoms with van der Waals surface area (Å²) >= 11 is 0. The molecule has 0 bridgehead atoms. The van der Waals surface area contributed by atoms with Crippen molar-refractivity contribution in [2.24, 2.45) is 0 Å². The summed E-state index contributed by atoms with van der Waals surface area (Å²) in [7, 11) is -1.55. The molecule has 4 nitrogen and oxygen atoms in total. The molecule has 0 saturated carbocycles. The Morgan fingerprint density at radius 3 is 1.94 bits per heavy atom. The predicted molar refractivity (Wildman–Crippen MR) is 73.4 cm³/mol. The Kier molecular flexibility index (Phi) is 13.8. The van der Waals surface area contributed by atoms with E-state index in [2.05, 4.69) is 13.8 Å². The molecule has 0 aliphatic rings. The Morgan fingerprint density at radius 1 is 1.24 bits per heavy atom. The van der Waals surface area contributed by atoms with E-state index >= 15 is 0 Å². The molecule has 5 heteroatoms. The highest BCUT2D eigenvalue weighted by Crippen LogP contribution is 2.40. The average Bonchev–Trinajstić information content (AvgIpc) is 2.17. The van der Waals surface area contributed by atoms with Gasteiger partial charge >= 0.3 is 0 Å². The molecule has 0 amide bonds. The van der Waals surface area contributed by atoms with Crippen LogP contribution in [-0.2, 0) is 4.52 Å². The van der Waals surface area contributed by atoms with Gasteiger partial charge in [-0.2, -0.15) is 5.26 Å². The van der Waals surface area contributed by atoms with Gasteiger partial charge in [0.25, 0.3) is 8.53 Å². The van der Waals surface area contributed by atoms with Crippen LogP contribution < -0.4 is 0 Å². The van der Waals surface area contributed by atoms with Gasteiger partial charge in [-0.05, 0) is 27.7 Å². The lowest BCUT2D eigenvalue weighted by Gasteiger charge is -2.32. The van der Waals surface area contributed by atoms with E-state index in [1.54, 1.807) is 0 Å². The van der Waals surface area contributed by atoms with E-state index in [-0.39, 0.29) is 12.1 Å². The molecule has 0 fully saturated rings. The summed E-state index contributed by atoms with van der Waals surface area (Å²) in [6.45, 7) is 12.6. The zero-order valence-electron chi connectivity index (χ0n) is 12.0. The lowest BCUT2D eigenvalue weighted by atomic mass is 10.3. The van der Waals surface area contributed by atoms with Gasteiger partial charge in [-0.3, -0.25) is 0 Å². The van der Waals surface area contributed by atoms with Gasteiger partial charge in [0.1, 0.15) is 0 Å². The fraction of sp³-hybridized carbons (Fsp3) is 0.917. The van der Waals surface area contributed by atoms with Gasteiger partial charge < -0.3 is 9.42 Å². The van der Waals surface area contributed by atoms with Crippen LogP contribution in [0.2, 0.25) is 0 Å². The number of hydrogen-bond acceptors (Lipinski definition) is 4. The summed E-state index contributed by atoms with van der Waals surface area (Å²) in [5.41, 5.74) is 0. The molecular weight excluding hydrogens is 235 g/mol. The normalized spacial score (nSPS) is 12.3. The molecule has 1 unspecified atom stereocenters. The van der Waals surface area contributed by atoms with Crippen LogP contribution in [0, 0.1) is 11.3 Å². The van der Waals surface area contributed by atoms with Crippen LogP contribution in [-0.4, -0.2) is 28.3 Å². The van der Waals surface area contributed by atoms with Crippen molar-refractivity contribution < 1.29 is 9.42 Å². The number of hydrogen-bond donors (Lipinski definition) is 1. The molecule has 17 heavy (non-hydrogen) atoms. The van der Waals surface area contributed by atoms with Crippen LogP contribution in [0.5, 0.6) is 0 Å². The maximum Gasteiger partial charge on any atom is 0.256 e. The lowest BCUT2D eigenvalue weighted by molar-refractivity contribution is 0.215. The highest BCUT2D eigenvalue weighted by Gasteiger charge is 2.23. The summed E-state index contributed by atoms with van der Waals surface area (Å²) in [5.74, 6) is 0. The van der Waals surface area contributed by atoms with Gasteiger partial charge in [-0.15, -0.1) is 0 Å². The van der Waals surface area contributed by atoms with Crippen LogP contribution in [0.3, 0.4) is 0 Å². The Labute approximate surface area is 108 Å². The van der Waals surface area contributed by atoms with E-state index in [0.29, 0.717) is 13.0 Å².